The molecule has 0 atom stereocenters. The zero-order valence-corrected chi connectivity index (χ0v) is 13.0. The molecule has 6 nitrogen and oxygen atoms in total. The standard InChI is InChI=1S/C9H18N2.2C2HF3O2/c10-8-3-5-9(11,6-4-8)7-1-2-7;2*3-2(4,5)1(6)7/h7-8H,1-6,10-11H2;2*(H,6,7). The third-order valence-electron chi connectivity index (χ3n) is 3.84. The van der Waals surface area contributed by atoms with Gasteiger partial charge < -0.3 is 21.7 Å². The predicted octanol–water partition coefficient (Wildman–Crippen LogP) is 2.26. The topological polar surface area (TPSA) is 127 Å². The lowest BCUT2D eigenvalue weighted by atomic mass is 9.77. The normalized spacial score (nSPS) is 26.5. The molecule has 2 rings (SSSR count). The fourth-order valence-corrected chi connectivity index (χ4v) is 2.24. The van der Waals surface area contributed by atoms with Crippen LogP contribution < -0.4 is 11.5 Å². The van der Waals surface area contributed by atoms with Crippen molar-refractivity contribution in [2.24, 2.45) is 17.4 Å². The van der Waals surface area contributed by atoms with E-state index in [0.717, 1.165) is 18.8 Å². The molecule has 0 aliphatic heterocycles. The number of rotatable bonds is 1. The van der Waals surface area contributed by atoms with Gasteiger partial charge in [-0.25, -0.2) is 9.59 Å². The number of nitrogens with two attached hydrogens (primary N) is 2. The molecular formula is C13H20F6N2O4. The van der Waals surface area contributed by atoms with Gasteiger partial charge in [-0.15, -0.1) is 0 Å². The molecule has 25 heavy (non-hydrogen) atoms. The van der Waals surface area contributed by atoms with Crippen molar-refractivity contribution in [3.63, 3.8) is 0 Å². The van der Waals surface area contributed by atoms with Crippen molar-refractivity contribution >= 4 is 11.9 Å². The van der Waals surface area contributed by atoms with Crippen molar-refractivity contribution in [3.8, 4) is 0 Å². The highest BCUT2D eigenvalue weighted by Crippen LogP contribution is 2.45. The van der Waals surface area contributed by atoms with Crippen LogP contribution in [0.15, 0.2) is 0 Å². The Kier molecular flexibility index (Phi) is 8.15. The van der Waals surface area contributed by atoms with E-state index in [4.69, 9.17) is 31.3 Å². The number of hydrogen-bond donors (Lipinski definition) is 4. The first-order valence-electron chi connectivity index (χ1n) is 7.24. The lowest BCUT2D eigenvalue weighted by Crippen LogP contribution is -2.47. The van der Waals surface area contributed by atoms with E-state index in [0.29, 0.717) is 6.04 Å². The Bertz CT molecular complexity index is 430. The summed E-state index contributed by atoms with van der Waals surface area (Å²) in [6.07, 6.45) is -2.81. The molecule has 2 fully saturated rings. The predicted molar refractivity (Wildman–Crippen MR) is 73.5 cm³/mol. The first kappa shape index (κ1) is 23.4. The Labute approximate surface area is 139 Å². The highest BCUT2D eigenvalue weighted by Gasteiger charge is 2.43. The van der Waals surface area contributed by atoms with Gasteiger partial charge in [-0.2, -0.15) is 26.3 Å². The van der Waals surface area contributed by atoms with Crippen molar-refractivity contribution in [2.45, 2.75) is 62.5 Å². The molecule has 0 saturated heterocycles. The summed E-state index contributed by atoms with van der Waals surface area (Å²) in [6.45, 7) is 0. The van der Waals surface area contributed by atoms with Gasteiger partial charge in [0.05, 0.1) is 0 Å². The average Bonchev–Trinajstić information content (AvgIpc) is 3.26. The monoisotopic (exact) mass is 382 g/mol. The number of carboxylic acids is 2. The lowest BCUT2D eigenvalue weighted by Gasteiger charge is -2.36. The molecule has 0 amide bonds. The Hall–Kier alpha value is -1.56. The van der Waals surface area contributed by atoms with E-state index >= 15 is 0 Å². The minimum absolute atomic E-state index is 0.190. The van der Waals surface area contributed by atoms with Crippen LogP contribution in [-0.4, -0.2) is 46.1 Å². The van der Waals surface area contributed by atoms with Gasteiger partial charge in [-0.3, -0.25) is 0 Å². The van der Waals surface area contributed by atoms with Gasteiger partial charge in [0, 0.05) is 11.6 Å². The molecule has 0 aromatic rings. The van der Waals surface area contributed by atoms with Crippen LogP contribution in [0.5, 0.6) is 0 Å². The summed E-state index contributed by atoms with van der Waals surface area (Å²) >= 11 is 0. The Morgan fingerprint density at radius 1 is 0.840 bits per heavy atom. The van der Waals surface area contributed by atoms with E-state index in [1.54, 1.807) is 0 Å². The van der Waals surface area contributed by atoms with Gasteiger partial charge in [0.2, 0.25) is 0 Å². The Morgan fingerprint density at radius 2 is 1.12 bits per heavy atom. The zero-order chi connectivity index (χ0) is 20.1. The van der Waals surface area contributed by atoms with Crippen molar-refractivity contribution in [3.05, 3.63) is 0 Å². The van der Waals surface area contributed by atoms with E-state index in [1.807, 2.05) is 0 Å². The average molecular weight is 382 g/mol. The van der Waals surface area contributed by atoms with E-state index in [9.17, 15) is 26.3 Å². The SMILES string of the molecule is NC1CCC(N)(C2CC2)CC1.O=C(O)C(F)(F)F.O=C(O)C(F)(F)F. The van der Waals surface area contributed by atoms with Crippen LogP contribution in [0.3, 0.4) is 0 Å². The summed E-state index contributed by atoms with van der Waals surface area (Å²) in [4.78, 5) is 17.8. The molecule has 0 unspecified atom stereocenters. The number of alkyl halides is 6. The largest absolute Gasteiger partial charge is 0.490 e. The highest BCUT2D eigenvalue weighted by molar-refractivity contribution is 5.73. The van der Waals surface area contributed by atoms with Crippen LogP contribution in [0, 0.1) is 5.92 Å². The molecule has 0 aromatic carbocycles. The van der Waals surface area contributed by atoms with E-state index in [1.165, 1.54) is 25.7 Å². The second-order valence-electron chi connectivity index (χ2n) is 5.95. The van der Waals surface area contributed by atoms with Crippen LogP contribution in [0.25, 0.3) is 0 Å². The number of carbonyl (C=O) groups is 2. The first-order valence-corrected chi connectivity index (χ1v) is 7.24. The fraction of sp³-hybridized carbons (Fsp3) is 0.846. The maximum absolute atomic E-state index is 10.6. The van der Waals surface area contributed by atoms with Crippen LogP contribution in [0.2, 0.25) is 0 Å². The van der Waals surface area contributed by atoms with Crippen molar-refractivity contribution < 1.29 is 46.1 Å². The molecule has 2 saturated carbocycles. The van der Waals surface area contributed by atoms with Gasteiger partial charge in [-0.1, -0.05) is 0 Å². The summed E-state index contributed by atoms with van der Waals surface area (Å²) < 4.78 is 63.5. The Balaban J connectivity index is 0.000000366. The lowest BCUT2D eigenvalue weighted by molar-refractivity contribution is -0.193. The van der Waals surface area contributed by atoms with Gasteiger partial charge in [0.25, 0.3) is 0 Å². The van der Waals surface area contributed by atoms with E-state index in [2.05, 4.69) is 0 Å². The van der Waals surface area contributed by atoms with Gasteiger partial charge in [0.1, 0.15) is 0 Å². The van der Waals surface area contributed by atoms with Gasteiger partial charge in [0.15, 0.2) is 0 Å². The summed E-state index contributed by atoms with van der Waals surface area (Å²) in [5, 5.41) is 14.2. The minimum atomic E-state index is -5.08. The second-order valence-corrected chi connectivity index (χ2v) is 5.95. The summed E-state index contributed by atoms with van der Waals surface area (Å²) in [6, 6.07) is 0.436. The molecule has 0 aromatic heterocycles. The summed E-state index contributed by atoms with van der Waals surface area (Å²) in [5.41, 5.74) is 12.3. The maximum Gasteiger partial charge on any atom is 0.490 e. The molecule has 2 aliphatic rings. The second kappa shape index (κ2) is 8.70. The van der Waals surface area contributed by atoms with Crippen LogP contribution in [-0.2, 0) is 9.59 Å². The molecule has 6 N–H and O–H groups in total. The summed E-state index contributed by atoms with van der Waals surface area (Å²) in [5.74, 6) is -4.67. The van der Waals surface area contributed by atoms with Crippen molar-refractivity contribution in [1.29, 1.82) is 0 Å². The van der Waals surface area contributed by atoms with Crippen molar-refractivity contribution in [1.82, 2.24) is 0 Å². The molecule has 0 heterocycles. The third-order valence-corrected chi connectivity index (χ3v) is 3.84. The highest BCUT2D eigenvalue weighted by atomic mass is 19.4. The molecule has 148 valence electrons. The number of halogens is 6. The number of hydrogen-bond acceptors (Lipinski definition) is 4. The number of aliphatic carboxylic acids is 2. The molecule has 0 spiro atoms. The Morgan fingerprint density at radius 3 is 1.32 bits per heavy atom. The molecule has 0 bridgehead atoms. The zero-order valence-electron chi connectivity index (χ0n) is 13.0. The fourth-order valence-electron chi connectivity index (χ4n) is 2.24. The molecule has 12 heteroatoms. The third kappa shape index (κ3) is 9.48. The maximum atomic E-state index is 10.6. The first-order chi connectivity index (χ1) is 11.1. The van der Waals surface area contributed by atoms with Crippen LogP contribution >= 0.6 is 0 Å². The summed E-state index contributed by atoms with van der Waals surface area (Å²) in [7, 11) is 0. The van der Waals surface area contributed by atoms with Crippen LogP contribution in [0.4, 0.5) is 26.3 Å². The van der Waals surface area contributed by atoms with Gasteiger partial charge in [-0.05, 0) is 44.4 Å². The van der Waals surface area contributed by atoms with E-state index in [-0.39, 0.29) is 5.54 Å². The molecule has 2 aliphatic carbocycles. The van der Waals surface area contributed by atoms with E-state index < -0.39 is 24.3 Å². The smallest absolute Gasteiger partial charge is 0.475 e. The van der Waals surface area contributed by atoms with Crippen LogP contribution in [0.1, 0.15) is 38.5 Å². The van der Waals surface area contributed by atoms with Gasteiger partial charge >= 0.3 is 24.3 Å². The molecular weight excluding hydrogens is 362 g/mol. The quantitative estimate of drug-likeness (QED) is 0.515. The number of carboxylic acid groups (broad SMARTS) is 2. The molecule has 0 radical (unpaired) electrons. The van der Waals surface area contributed by atoms with Crippen molar-refractivity contribution in [2.75, 3.05) is 0 Å². The minimum Gasteiger partial charge on any atom is -0.475 e.